The minimum absolute atomic E-state index is 0.158. The second-order valence-electron chi connectivity index (χ2n) is 8.18. The number of carbonyl (C=O) groups excluding carboxylic acids is 1. The molecule has 0 bridgehead atoms. The number of hydrogen-bond acceptors (Lipinski definition) is 5. The van der Waals surface area contributed by atoms with Gasteiger partial charge in [0, 0.05) is 23.9 Å². The molecule has 0 spiro atoms. The van der Waals surface area contributed by atoms with Crippen LogP contribution in [0.5, 0.6) is 0 Å². The van der Waals surface area contributed by atoms with Gasteiger partial charge in [-0.3, -0.25) is 4.79 Å². The van der Waals surface area contributed by atoms with E-state index < -0.39 is 24.5 Å². The number of nitrogens with zero attached hydrogens (tertiary/aromatic N) is 6. The van der Waals surface area contributed by atoms with Gasteiger partial charge in [-0.2, -0.15) is 23.0 Å². The SMILES string of the molecule is CC(C)(C)c1cc(NC(=O)Cn2c(C(F)(F)F)nc3ccccc32)n(-c2ncccn2)n1. The molecule has 0 atom stereocenters. The summed E-state index contributed by atoms with van der Waals surface area (Å²) in [6, 6.07) is 9.44. The highest BCUT2D eigenvalue weighted by molar-refractivity contribution is 5.91. The molecular formula is C21H20F3N7O. The Bertz CT molecular complexity index is 1270. The first-order chi connectivity index (χ1) is 15.0. The highest BCUT2D eigenvalue weighted by Gasteiger charge is 2.38. The fourth-order valence-electron chi connectivity index (χ4n) is 3.17. The van der Waals surface area contributed by atoms with Gasteiger partial charge in [-0.1, -0.05) is 32.9 Å². The topological polar surface area (TPSA) is 90.5 Å². The molecule has 166 valence electrons. The van der Waals surface area contributed by atoms with Gasteiger partial charge < -0.3 is 9.88 Å². The van der Waals surface area contributed by atoms with Crippen molar-refractivity contribution in [3.8, 4) is 5.95 Å². The molecule has 1 N–H and O–H groups in total. The molecule has 0 fully saturated rings. The smallest absolute Gasteiger partial charge is 0.311 e. The van der Waals surface area contributed by atoms with E-state index >= 15 is 0 Å². The van der Waals surface area contributed by atoms with Crippen molar-refractivity contribution >= 4 is 22.8 Å². The molecule has 11 heteroatoms. The third-order valence-electron chi connectivity index (χ3n) is 4.70. The Labute approximate surface area is 181 Å². The third kappa shape index (κ3) is 4.18. The number of aromatic nitrogens is 6. The number of para-hydroxylation sites is 2. The van der Waals surface area contributed by atoms with Crippen LogP contribution in [0, 0.1) is 0 Å². The van der Waals surface area contributed by atoms with Gasteiger partial charge in [0.05, 0.1) is 16.7 Å². The predicted octanol–water partition coefficient (Wildman–Crippen LogP) is 3.97. The Morgan fingerprint density at radius 3 is 2.41 bits per heavy atom. The van der Waals surface area contributed by atoms with Crippen molar-refractivity contribution in [2.45, 2.75) is 38.9 Å². The van der Waals surface area contributed by atoms with Gasteiger partial charge in [-0.15, -0.1) is 0 Å². The molecule has 1 amide bonds. The maximum Gasteiger partial charge on any atom is 0.449 e. The predicted molar refractivity (Wildman–Crippen MR) is 111 cm³/mol. The maximum absolute atomic E-state index is 13.5. The summed E-state index contributed by atoms with van der Waals surface area (Å²) >= 11 is 0. The largest absolute Gasteiger partial charge is 0.449 e. The summed E-state index contributed by atoms with van der Waals surface area (Å²) in [5, 5.41) is 7.14. The summed E-state index contributed by atoms with van der Waals surface area (Å²) in [4.78, 5) is 24.8. The lowest BCUT2D eigenvalue weighted by Gasteiger charge is -2.13. The van der Waals surface area contributed by atoms with Crippen molar-refractivity contribution in [3.63, 3.8) is 0 Å². The van der Waals surface area contributed by atoms with E-state index in [1.807, 2.05) is 20.8 Å². The summed E-state index contributed by atoms with van der Waals surface area (Å²) in [6.07, 6.45) is -1.66. The first kappa shape index (κ1) is 21.5. The molecule has 3 aromatic heterocycles. The number of benzene rings is 1. The van der Waals surface area contributed by atoms with Crippen molar-refractivity contribution < 1.29 is 18.0 Å². The number of imidazole rings is 1. The number of hydrogen-bond donors (Lipinski definition) is 1. The second kappa shape index (κ2) is 7.74. The second-order valence-corrected chi connectivity index (χ2v) is 8.18. The summed E-state index contributed by atoms with van der Waals surface area (Å²) in [7, 11) is 0. The molecule has 4 aromatic rings. The monoisotopic (exact) mass is 443 g/mol. The molecule has 0 aliphatic carbocycles. The zero-order valence-corrected chi connectivity index (χ0v) is 17.6. The standard InChI is InChI=1S/C21H20F3N7O/c1-20(2,3)15-11-16(31(29-15)19-25-9-6-10-26-19)28-17(32)12-30-14-8-5-4-7-13(14)27-18(30)21(22,23)24/h4-11H,12H2,1-3H3,(H,28,32). The lowest BCUT2D eigenvalue weighted by molar-refractivity contribution is -0.147. The molecule has 4 rings (SSSR count). The van der Waals surface area contributed by atoms with Gasteiger partial charge in [-0.05, 0) is 18.2 Å². The minimum Gasteiger partial charge on any atom is -0.311 e. The summed E-state index contributed by atoms with van der Waals surface area (Å²) in [6.45, 7) is 5.26. The first-order valence-corrected chi connectivity index (χ1v) is 9.74. The lowest BCUT2D eigenvalue weighted by Crippen LogP contribution is -2.24. The van der Waals surface area contributed by atoms with E-state index in [1.54, 1.807) is 24.3 Å². The van der Waals surface area contributed by atoms with Crippen LogP contribution >= 0.6 is 0 Å². The fourth-order valence-corrected chi connectivity index (χ4v) is 3.17. The normalized spacial score (nSPS) is 12.3. The Balaban J connectivity index is 1.70. The molecule has 0 saturated heterocycles. The van der Waals surface area contributed by atoms with E-state index in [1.165, 1.54) is 29.2 Å². The number of halogens is 3. The van der Waals surface area contributed by atoms with Crippen LogP contribution in [-0.2, 0) is 22.9 Å². The van der Waals surface area contributed by atoms with Crippen LogP contribution in [0.4, 0.5) is 19.0 Å². The molecule has 0 aliphatic heterocycles. The Kier molecular flexibility index (Phi) is 5.19. The van der Waals surface area contributed by atoms with Gasteiger partial charge >= 0.3 is 6.18 Å². The lowest BCUT2D eigenvalue weighted by atomic mass is 9.92. The van der Waals surface area contributed by atoms with Crippen molar-refractivity contribution in [1.82, 2.24) is 29.3 Å². The summed E-state index contributed by atoms with van der Waals surface area (Å²) < 4.78 is 42.8. The van der Waals surface area contributed by atoms with E-state index in [4.69, 9.17) is 0 Å². The van der Waals surface area contributed by atoms with Gasteiger partial charge in [0.1, 0.15) is 12.4 Å². The number of alkyl halides is 3. The van der Waals surface area contributed by atoms with E-state index in [2.05, 4.69) is 25.4 Å². The number of carbonyl (C=O) groups is 1. The molecular weight excluding hydrogens is 423 g/mol. The van der Waals surface area contributed by atoms with Crippen LogP contribution in [-0.4, -0.2) is 35.2 Å². The van der Waals surface area contributed by atoms with Gasteiger partial charge in [0.2, 0.25) is 11.7 Å². The number of amides is 1. The van der Waals surface area contributed by atoms with E-state index in [0.29, 0.717) is 5.69 Å². The molecule has 8 nitrogen and oxygen atoms in total. The molecule has 3 heterocycles. The van der Waals surface area contributed by atoms with Crippen LogP contribution in [0.25, 0.3) is 17.0 Å². The van der Waals surface area contributed by atoms with Crippen LogP contribution < -0.4 is 5.32 Å². The van der Waals surface area contributed by atoms with Crippen molar-refractivity contribution in [2.24, 2.45) is 0 Å². The fraction of sp³-hybridized carbons (Fsp3) is 0.286. The zero-order valence-electron chi connectivity index (χ0n) is 17.6. The molecule has 1 aromatic carbocycles. The van der Waals surface area contributed by atoms with Gasteiger partial charge in [0.25, 0.3) is 5.95 Å². The first-order valence-electron chi connectivity index (χ1n) is 9.74. The third-order valence-corrected chi connectivity index (χ3v) is 4.70. The highest BCUT2D eigenvalue weighted by atomic mass is 19.4. The maximum atomic E-state index is 13.5. The summed E-state index contributed by atoms with van der Waals surface area (Å²) in [5.41, 5.74) is 0.684. The molecule has 32 heavy (non-hydrogen) atoms. The molecule has 0 radical (unpaired) electrons. The average molecular weight is 443 g/mol. The van der Waals surface area contributed by atoms with Gasteiger partial charge in [0.15, 0.2) is 0 Å². The molecule has 0 unspecified atom stereocenters. The minimum atomic E-state index is -4.71. The Morgan fingerprint density at radius 2 is 1.75 bits per heavy atom. The Hall–Kier alpha value is -3.76. The van der Waals surface area contributed by atoms with Gasteiger partial charge in [-0.25, -0.2) is 15.0 Å². The number of anilines is 1. The van der Waals surface area contributed by atoms with Crippen LogP contribution in [0.3, 0.4) is 0 Å². The van der Waals surface area contributed by atoms with Crippen LogP contribution in [0.1, 0.15) is 32.3 Å². The molecule has 0 aliphatic rings. The highest BCUT2D eigenvalue weighted by Crippen LogP contribution is 2.31. The number of rotatable bonds is 4. The Morgan fingerprint density at radius 1 is 1.06 bits per heavy atom. The van der Waals surface area contributed by atoms with E-state index in [-0.39, 0.29) is 28.2 Å². The van der Waals surface area contributed by atoms with E-state index in [0.717, 1.165) is 4.57 Å². The quantitative estimate of drug-likeness (QED) is 0.516. The van der Waals surface area contributed by atoms with E-state index in [9.17, 15) is 18.0 Å². The number of nitrogens with one attached hydrogen (secondary N) is 1. The summed E-state index contributed by atoms with van der Waals surface area (Å²) in [5.74, 6) is -1.33. The number of fused-ring (bicyclic) bond motifs is 1. The van der Waals surface area contributed by atoms with Crippen molar-refractivity contribution in [1.29, 1.82) is 0 Å². The zero-order chi connectivity index (χ0) is 23.1. The van der Waals surface area contributed by atoms with Crippen LogP contribution in [0.2, 0.25) is 0 Å². The molecule has 0 saturated carbocycles. The van der Waals surface area contributed by atoms with Crippen molar-refractivity contribution in [2.75, 3.05) is 5.32 Å². The average Bonchev–Trinajstić information content (AvgIpc) is 3.31. The van der Waals surface area contributed by atoms with Crippen molar-refractivity contribution in [3.05, 3.63) is 60.3 Å². The van der Waals surface area contributed by atoms with Crippen LogP contribution in [0.15, 0.2) is 48.8 Å².